The number of aliphatic hydroxyl groups excluding tert-OH is 1. The minimum atomic E-state index is -0.380. The fourth-order valence-electron chi connectivity index (χ4n) is 3.47. The number of piperidine rings is 1. The van der Waals surface area contributed by atoms with Crippen molar-refractivity contribution in [1.29, 1.82) is 0 Å². The van der Waals surface area contributed by atoms with Crippen molar-refractivity contribution in [2.24, 2.45) is 5.92 Å². The van der Waals surface area contributed by atoms with Crippen molar-refractivity contribution in [3.05, 3.63) is 0 Å². The number of nitrogens with one attached hydrogen (secondary N) is 1. The van der Waals surface area contributed by atoms with Crippen LogP contribution in [0.4, 0.5) is 4.79 Å². The van der Waals surface area contributed by atoms with Crippen LogP contribution in [0.15, 0.2) is 0 Å². The first kappa shape index (κ1) is 14.1. The van der Waals surface area contributed by atoms with E-state index in [0.29, 0.717) is 18.5 Å². The Labute approximate surface area is 120 Å². The van der Waals surface area contributed by atoms with E-state index in [1.165, 1.54) is 13.1 Å². The van der Waals surface area contributed by atoms with Gasteiger partial charge in [-0.15, -0.1) is 0 Å². The average Bonchev–Trinajstić information content (AvgIpc) is 2.49. The van der Waals surface area contributed by atoms with E-state index < -0.39 is 0 Å². The Hall–Kier alpha value is -0.850. The molecule has 4 rings (SSSR count). The third-order valence-corrected chi connectivity index (χ3v) is 5.09. The number of likely N-dealkylation sites (tertiary alicyclic amines) is 1. The van der Waals surface area contributed by atoms with Crippen LogP contribution in [0.2, 0.25) is 0 Å². The predicted octanol–water partition coefficient (Wildman–Crippen LogP) is -0.601. The van der Waals surface area contributed by atoms with Gasteiger partial charge in [0.2, 0.25) is 0 Å². The van der Waals surface area contributed by atoms with Gasteiger partial charge in [0.25, 0.3) is 0 Å². The van der Waals surface area contributed by atoms with Gasteiger partial charge in [0, 0.05) is 58.4 Å². The van der Waals surface area contributed by atoms with Crippen molar-refractivity contribution >= 4 is 6.03 Å². The van der Waals surface area contributed by atoms with Crippen molar-refractivity contribution in [3.8, 4) is 0 Å². The number of rotatable bonds is 2. The number of hydrogen-bond acceptors (Lipinski definition) is 4. The second kappa shape index (κ2) is 5.87. The highest BCUT2D eigenvalue weighted by Gasteiger charge is 2.33. The fraction of sp³-hybridized carbons (Fsp3) is 0.929. The summed E-state index contributed by atoms with van der Waals surface area (Å²) >= 11 is 0. The van der Waals surface area contributed by atoms with Crippen LogP contribution in [-0.2, 0) is 0 Å². The van der Waals surface area contributed by atoms with Gasteiger partial charge in [0.05, 0.1) is 6.10 Å². The lowest BCUT2D eigenvalue weighted by Crippen LogP contribution is -2.64. The lowest BCUT2D eigenvalue weighted by Gasteiger charge is -2.47. The molecule has 0 aromatic heterocycles. The Morgan fingerprint density at radius 1 is 1.20 bits per heavy atom. The summed E-state index contributed by atoms with van der Waals surface area (Å²) in [7, 11) is 0. The quantitative estimate of drug-likeness (QED) is 0.710. The maximum absolute atomic E-state index is 12.2. The van der Waals surface area contributed by atoms with E-state index in [2.05, 4.69) is 15.1 Å². The normalized spacial score (nSPS) is 40.7. The van der Waals surface area contributed by atoms with Crippen LogP contribution >= 0.6 is 0 Å². The molecule has 114 valence electrons. The van der Waals surface area contributed by atoms with Gasteiger partial charge < -0.3 is 15.3 Å². The largest absolute Gasteiger partial charge is 0.391 e. The Morgan fingerprint density at radius 3 is 2.55 bits per heavy atom. The number of carbonyl (C=O) groups is 1. The van der Waals surface area contributed by atoms with Crippen LogP contribution < -0.4 is 5.32 Å². The molecule has 2 bridgehead atoms. The van der Waals surface area contributed by atoms with Gasteiger partial charge in [-0.3, -0.25) is 9.80 Å². The summed E-state index contributed by atoms with van der Waals surface area (Å²) < 4.78 is 0. The Balaban J connectivity index is 1.45. The lowest BCUT2D eigenvalue weighted by molar-refractivity contribution is 0.0128. The van der Waals surface area contributed by atoms with Gasteiger partial charge in [-0.2, -0.15) is 0 Å². The Kier molecular flexibility index (Phi) is 4.14. The van der Waals surface area contributed by atoms with Gasteiger partial charge in [0.1, 0.15) is 0 Å². The first-order valence-corrected chi connectivity index (χ1v) is 7.80. The number of β-amino-alcohol motifs (C(OH)–C–C–N with tert-alkyl or cyclic N) is 1. The summed E-state index contributed by atoms with van der Waals surface area (Å²) in [5, 5.41) is 12.9. The number of fused-ring (bicyclic) bond motifs is 3. The number of nitrogens with zero attached hydrogens (tertiary/aromatic N) is 3. The highest BCUT2D eigenvalue weighted by molar-refractivity contribution is 5.74. The highest BCUT2D eigenvalue weighted by atomic mass is 16.3. The summed E-state index contributed by atoms with van der Waals surface area (Å²) in [5.41, 5.74) is 0. The molecule has 0 saturated carbocycles. The Bertz CT molecular complexity index is 357. The molecule has 0 radical (unpaired) electrons. The first-order valence-electron chi connectivity index (χ1n) is 7.80. The molecule has 0 spiro atoms. The number of hydrogen-bond donors (Lipinski definition) is 2. The third-order valence-electron chi connectivity index (χ3n) is 5.09. The molecule has 0 aliphatic carbocycles. The van der Waals surface area contributed by atoms with Crippen molar-refractivity contribution < 1.29 is 9.90 Å². The lowest BCUT2D eigenvalue weighted by atomic mass is 9.96. The maximum Gasteiger partial charge on any atom is 0.317 e. The zero-order valence-corrected chi connectivity index (χ0v) is 12.3. The van der Waals surface area contributed by atoms with E-state index in [1.807, 2.05) is 6.92 Å². The second-order valence-electron chi connectivity index (χ2n) is 6.46. The van der Waals surface area contributed by atoms with E-state index in [-0.39, 0.29) is 12.1 Å². The summed E-state index contributed by atoms with van der Waals surface area (Å²) in [5.74, 6) is 0.298. The van der Waals surface area contributed by atoms with E-state index in [0.717, 1.165) is 39.1 Å². The molecular formula is C14H26N4O2. The number of piperazine rings is 3. The van der Waals surface area contributed by atoms with Gasteiger partial charge in [-0.1, -0.05) is 6.92 Å². The topological polar surface area (TPSA) is 59.1 Å². The maximum atomic E-state index is 12.2. The van der Waals surface area contributed by atoms with E-state index in [9.17, 15) is 9.90 Å². The summed E-state index contributed by atoms with van der Waals surface area (Å²) in [6, 6.07) is 0.434. The number of amides is 2. The first-order chi connectivity index (χ1) is 9.63. The molecule has 4 fully saturated rings. The van der Waals surface area contributed by atoms with Crippen LogP contribution in [0.5, 0.6) is 0 Å². The van der Waals surface area contributed by atoms with Crippen LogP contribution in [0.25, 0.3) is 0 Å². The monoisotopic (exact) mass is 282 g/mol. The molecular weight excluding hydrogens is 256 g/mol. The molecule has 2 N–H and O–H groups in total. The summed E-state index contributed by atoms with van der Waals surface area (Å²) in [6.45, 7) is 9.64. The van der Waals surface area contributed by atoms with Crippen molar-refractivity contribution in [1.82, 2.24) is 20.0 Å². The molecule has 2 amide bonds. The summed E-state index contributed by atoms with van der Waals surface area (Å²) in [6.07, 6.45) is 0.507. The van der Waals surface area contributed by atoms with Crippen molar-refractivity contribution in [2.75, 3.05) is 52.4 Å². The molecule has 3 unspecified atom stereocenters. The van der Waals surface area contributed by atoms with Crippen LogP contribution in [-0.4, -0.2) is 90.3 Å². The standard InChI is InChI=1S/C14H26N4O2/c1-11-2-3-18(10-13(11)19)14(20)15-8-12-9-16-4-6-17(12)7-5-16/h11-13,19H,2-10H2,1H3,(H,15,20). The zero-order chi connectivity index (χ0) is 14.1. The molecule has 4 heterocycles. The SMILES string of the molecule is CC1CCN(C(=O)NCC2CN3CCN2CC3)CC1O. The molecule has 4 aliphatic rings. The molecule has 4 aliphatic heterocycles. The molecule has 4 saturated heterocycles. The smallest absolute Gasteiger partial charge is 0.317 e. The van der Waals surface area contributed by atoms with E-state index in [1.54, 1.807) is 4.90 Å². The number of aliphatic hydroxyl groups is 1. The van der Waals surface area contributed by atoms with Gasteiger partial charge in [0.15, 0.2) is 0 Å². The van der Waals surface area contributed by atoms with Crippen LogP contribution in [0, 0.1) is 5.92 Å². The van der Waals surface area contributed by atoms with Crippen molar-refractivity contribution in [3.63, 3.8) is 0 Å². The molecule has 6 nitrogen and oxygen atoms in total. The van der Waals surface area contributed by atoms with E-state index in [4.69, 9.17) is 0 Å². The van der Waals surface area contributed by atoms with Crippen LogP contribution in [0.3, 0.4) is 0 Å². The van der Waals surface area contributed by atoms with E-state index >= 15 is 0 Å². The third kappa shape index (κ3) is 2.92. The zero-order valence-electron chi connectivity index (χ0n) is 12.3. The average molecular weight is 282 g/mol. The highest BCUT2D eigenvalue weighted by Crippen LogP contribution is 2.17. The number of carbonyl (C=O) groups excluding carboxylic acids is 1. The van der Waals surface area contributed by atoms with Crippen molar-refractivity contribution in [2.45, 2.75) is 25.5 Å². The summed E-state index contributed by atoms with van der Waals surface area (Å²) in [4.78, 5) is 18.9. The molecule has 0 aromatic rings. The predicted molar refractivity (Wildman–Crippen MR) is 76.6 cm³/mol. The fourth-order valence-corrected chi connectivity index (χ4v) is 3.47. The van der Waals surface area contributed by atoms with Gasteiger partial charge >= 0.3 is 6.03 Å². The number of urea groups is 1. The molecule has 3 atom stereocenters. The van der Waals surface area contributed by atoms with Gasteiger partial charge in [-0.25, -0.2) is 4.79 Å². The van der Waals surface area contributed by atoms with Gasteiger partial charge in [-0.05, 0) is 12.3 Å². The second-order valence-corrected chi connectivity index (χ2v) is 6.46. The molecule has 0 aromatic carbocycles. The minimum Gasteiger partial charge on any atom is -0.391 e. The van der Waals surface area contributed by atoms with Crippen LogP contribution in [0.1, 0.15) is 13.3 Å². The molecule has 20 heavy (non-hydrogen) atoms. The minimum absolute atomic E-state index is 0.0198. The Morgan fingerprint density at radius 2 is 1.95 bits per heavy atom. The molecule has 6 heteroatoms.